The van der Waals surface area contributed by atoms with E-state index in [9.17, 15) is 4.39 Å². The number of para-hydroxylation sites is 1. The van der Waals surface area contributed by atoms with E-state index in [1.54, 1.807) is 13.2 Å². The van der Waals surface area contributed by atoms with Gasteiger partial charge < -0.3 is 20.8 Å². The number of hydrogen-bond donors (Lipinski definition) is 3. The average molecular weight is 340 g/mol. The molecule has 0 fully saturated rings. The number of benzene rings is 2. The van der Waals surface area contributed by atoms with E-state index >= 15 is 0 Å². The van der Waals surface area contributed by atoms with E-state index in [4.69, 9.17) is 10.5 Å². The predicted octanol–water partition coefficient (Wildman–Crippen LogP) is 3.42. The smallest absolute Gasteiger partial charge is 0.193 e. The molecule has 25 heavy (non-hydrogen) atoms. The summed E-state index contributed by atoms with van der Waals surface area (Å²) in [4.78, 5) is 7.45. The molecule has 0 bridgehead atoms. The quantitative estimate of drug-likeness (QED) is 0.475. The van der Waals surface area contributed by atoms with Crippen LogP contribution in [-0.4, -0.2) is 24.6 Å². The zero-order valence-electron chi connectivity index (χ0n) is 14.1. The van der Waals surface area contributed by atoms with Crippen LogP contribution in [0.1, 0.15) is 11.1 Å². The van der Waals surface area contributed by atoms with Gasteiger partial charge in [-0.25, -0.2) is 4.39 Å². The van der Waals surface area contributed by atoms with Crippen LogP contribution in [0.25, 0.3) is 10.9 Å². The zero-order chi connectivity index (χ0) is 17.6. The number of nitrogens with zero attached hydrogens (tertiary/aromatic N) is 1. The van der Waals surface area contributed by atoms with Gasteiger partial charge in [0.2, 0.25) is 0 Å². The number of methoxy groups -OCH3 is 1. The fourth-order valence-electron chi connectivity index (χ4n) is 2.76. The number of nitrogens with one attached hydrogen (secondary N) is 2. The summed E-state index contributed by atoms with van der Waals surface area (Å²) in [5, 5.41) is 4.12. The van der Waals surface area contributed by atoms with Gasteiger partial charge in [-0.15, -0.1) is 0 Å². The van der Waals surface area contributed by atoms with Gasteiger partial charge in [0, 0.05) is 42.0 Å². The van der Waals surface area contributed by atoms with Crippen molar-refractivity contribution >= 4 is 22.5 Å². The van der Waals surface area contributed by atoms with E-state index in [1.165, 1.54) is 12.1 Å². The number of hydrogen-bond acceptors (Lipinski definition) is 2. The predicted molar refractivity (Wildman–Crippen MR) is 99.2 cm³/mol. The minimum absolute atomic E-state index is 0.248. The summed E-state index contributed by atoms with van der Waals surface area (Å²) >= 11 is 0. The van der Waals surface area contributed by atoms with Gasteiger partial charge in [0.05, 0.1) is 6.61 Å². The molecule has 0 saturated heterocycles. The van der Waals surface area contributed by atoms with Crippen molar-refractivity contribution in [2.45, 2.75) is 13.0 Å². The molecule has 0 amide bonds. The molecule has 0 aliphatic carbocycles. The molecule has 0 aliphatic heterocycles. The molecule has 3 rings (SSSR count). The van der Waals surface area contributed by atoms with Gasteiger partial charge in [-0.3, -0.25) is 4.99 Å². The molecule has 0 spiro atoms. The number of ether oxygens (including phenoxy) is 1. The Balaban J connectivity index is 1.63. The van der Waals surface area contributed by atoms with Crippen molar-refractivity contribution in [3.63, 3.8) is 0 Å². The maximum Gasteiger partial charge on any atom is 0.193 e. The highest BCUT2D eigenvalue weighted by Gasteiger charge is 2.05. The van der Waals surface area contributed by atoms with Crippen molar-refractivity contribution in [1.29, 1.82) is 0 Å². The van der Waals surface area contributed by atoms with Crippen LogP contribution in [-0.2, 0) is 17.8 Å². The summed E-state index contributed by atoms with van der Waals surface area (Å²) in [6.45, 7) is 1.04. The molecule has 2 aromatic carbocycles. The topological polar surface area (TPSA) is 75.4 Å². The standard InChI is InChI=1S/C19H21FN4O/c1-25-12-14-4-2-3-5-17(14)24-19(21)22-9-8-13-11-23-18-10-15(20)6-7-16(13)18/h2-7,10-11,23H,8-9,12H2,1H3,(H3,21,22,24). The Kier molecular flexibility index (Phi) is 5.30. The summed E-state index contributed by atoms with van der Waals surface area (Å²) < 4.78 is 18.4. The first-order valence-corrected chi connectivity index (χ1v) is 8.06. The first-order chi connectivity index (χ1) is 12.2. The number of nitrogens with two attached hydrogens (primary N) is 1. The minimum Gasteiger partial charge on any atom is -0.380 e. The summed E-state index contributed by atoms with van der Waals surface area (Å²) in [5.74, 6) is 0.108. The minimum atomic E-state index is -0.248. The largest absolute Gasteiger partial charge is 0.380 e. The molecule has 5 nitrogen and oxygen atoms in total. The molecule has 0 atom stereocenters. The fourth-order valence-corrected chi connectivity index (χ4v) is 2.76. The molecular formula is C19H21FN4O. The summed E-state index contributed by atoms with van der Waals surface area (Å²) in [5.41, 5.74) is 9.76. The third-order valence-electron chi connectivity index (χ3n) is 3.97. The van der Waals surface area contributed by atoms with Gasteiger partial charge >= 0.3 is 0 Å². The van der Waals surface area contributed by atoms with Crippen LogP contribution < -0.4 is 11.1 Å². The van der Waals surface area contributed by atoms with Crippen molar-refractivity contribution in [2.24, 2.45) is 10.7 Å². The lowest BCUT2D eigenvalue weighted by Gasteiger charge is -2.10. The molecule has 130 valence electrons. The van der Waals surface area contributed by atoms with Crippen molar-refractivity contribution in [2.75, 3.05) is 19.0 Å². The molecule has 1 heterocycles. The Morgan fingerprint density at radius 1 is 1.24 bits per heavy atom. The van der Waals surface area contributed by atoms with Gasteiger partial charge in [-0.2, -0.15) is 0 Å². The highest BCUT2D eigenvalue weighted by atomic mass is 19.1. The van der Waals surface area contributed by atoms with Gasteiger partial charge in [-0.1, -0.05) is 18.2 Å². The summed E-state index contributed by atoms with van der Waals surface area (Å²) in [6.07, 6.45) is 2.60. The number of aromatic amines is 1. The monoisotopic (exact) mass is 340 g/mol. The first kappa shape index (κ1) is 17.0. The van der Waals surface area contributed by atoms with E-state index in [0.29, 0.717) is 25.5 Å². The average Bonchev–Trinajstić information content (AvgIpc) is 2.99. The highest BCUT2D eigenvalue weighted by molar-refractivity contribution is 5.93. The number of fused-ring (bicyclic) bond motifs is 1. The highest BCUT2D eigenvalue weighted by Crippen LogP contribution is 2.20. The molecule has 0 saturated carbocycles. The maximum absolute atomic E-state index is 13.2. The van der Waals surface area contributed by atoms with Crippen LogP contribution in [0.4, 0.5) is 10.1 Å². The summed E-state index contributed by atoms with van der Waals surface area (Å²) in [6, 6.07) is 12.5. The van der Waals surface area contributed by atoms with Crippen LogP contribution in [0, 0.1) is 5.82 Å². The number of H-pyrrole nitrogens is 1. The van der Waals surface area contributed by atoms with Gasteiger partial charge in [-0.05, 0) is 36.2 Å². The number of halogens is 1. The van der Waals surface area contributed by atoms with E-state index < -0.39 is 0 Å². The zero-order valence-corrected chi connectivity index (χ0v) is 14.1. The third-order valence-corrected chi connectivity index (χ3v) is 3.97. The van der Waals surface area contributed by atoms with E-state index in [1.807, 2.05) is 30.5 Å². The lowest BCUT2D eigenvalue weighted by molar-refractivity contribution is 0.185. The van der Waals surface area contributed by atoms with Gasteiger partial charge in [0.15, 0.2) is 5.96 Å². The molecule has 0 radical (unpaired) electrons. The second-order valence-corrected chi connectivity index (χ2v) is 5.74. The number of aliphatic imine (C=N–C) groups is 1. The van der Waals surface area contributed by atoms with Crippen molar-refractivity contribution in [3.05, 3.63) is 65.6 Å². The lowest BCUT2D eigenvalue weighted by Crippen LogP contribution is -2.23. The second-order valence-electron chi connectivity index (χ2n) is 5.74. The van der Waals surface area contributed by atoms with Crippen LogP contribution in [0.15, 0.2) is 53.7 Å². The molecule has 1 aromatic heterocycles. The molecule has 6 heteroatoms. The lowest BCUT2D eigenvalue weighted by atomic mass is 10.1. The van der Waals surface area contributed by atoms with Gasteiger partial charge in [0.25, 0.3) is 0 Å². The molecule has 0 unspecified atom stereocenters. The van der Waals surface area contributed by atoms with E-state index in [0.717, 1.165) is 27.7 Å². The Labute approximate surface area is 145 Å². The third kappa shape index (κ3) is 4.16. The van der Waals surface area contributed by atoms with E-state index in [2.05, 4.69) is 15.3 Å². The van der Waals surface area contributed by atoms with Crippen LogP contribution in [0.3, 0.4) is 0 Å². The number of aromatic nitrogens is 1. The number of rotatable bonds is 6. The van der Waals surface area contributed by atoms with Crippen molar-refractivity contribution < 1.29 is 9.13 Å². The van der Waals surface area contributed by atoms with Crippen LogP contribution >= 0.6 is 0 Å². The normalized spacial score (nSPS) is 11.8. The van der Waals surface area contributed by atoms with E-state index in [-0.39, 0.29) is 5.82 Å². The summed E-state index contributed by atoms with van der Waals surface area (Å²) in [7, 11) is 1.65. The molecule has 4 N–H and O–H groups in total. The molecular weight excluding hydrogens is 319 g/mol. The van der Waals surface area contributed by atoms with Crippen LogP contribution in [0.2, 0.25) is 0 Å². The Morgan fingerprint density at radius 2 is 2.08 bits per heavy atom. The Morgan fingerprint density at radius 3 is 2.92 bits per heavy atom. The first-order valence-electron chi connectivity index (χ1n) is 8.06. The second kappa shape index (κ2) is 7.81. The van der Waals surface area contributed by atoms with Crippen LogP contribution in [0.5, 0.6) is 0 Å². The van der Waals surface area contributed by atoms with Gasteiger partial charge in [0.1, 0.15) is 5.82 Å². The molecule has 0 aliphatic rings. The van der Waals surface area contributed by atoms with Crippen molar-refractivity contribution in [3.8, 4) is 0 Å². The molecule has 3 aromatic rings. The fraction of sp³-hybridized carbons (Fsp3) is 0.211. The Bertz CT molecular complexity index is 888. The number of guanidine groups is 1. The maximum atomic E-state index is 13.2. The SMILES string of the molecule is COCc1ccccc1NC(N)=NCCc1c[nH]c2cc(F)ccc12. The number of anilines is 1. The van der Waals surface area contributed by atoms with Crippen molar-refractivity contribution in [1.82, 2.24) is 4.98 Å². The Hall–Kier alpha value is -2.86.